The molecule has 1 atom stereocenters. The molecule has 1 aromatic carbocycles. The molecule has 1 aliphatic heterocycles. The fourth-order valence-corrected chi connectivity index (χ4v) is 3.81. The highest BCUT2D eigenvalue weighted by Crippen LogP contribution is 2.25. The molecule has 2 aromatic heterocycles. The van der Waals surface area contributed by atoms with E-state index in [9.17, 15) is 0 Å². The number of nitrogens with one attached hydrogen (secondary N) is 1. The largest absolute Gasteiger partial charge is 0.459 e. The molecule has 0 radical (unpaired) electrons. The molecule has 1 fully saturated rings. The molecule has 1 unspecified atom stereocenters. The van der Waals surface area contributed by atoms with Crippen LogP contribution in [0, 0.1) is 0 Å². The summed E-state index contributed by atoms with van der Waals surface area (Å²) in [5.74, 6) is 1.03. The minimum atomic E-state index is 0.246. The number of furan rings is 1. The lowest BCUT2D eigenvalue weighted by atomic mass is 10.0. The third kappa shape index (κ3) is 4.14. The normalized spacial score (nSPS) is 17.6. The average Bonchev–Trinajstić information content (AvgIpc) is 3.13. The van der Waals surface area contributed by atoms with Crippen LogP contribution in [0.5, 0.6) is 0 Å². The van der Waals surface area contributed by atoms with E-state index >= 15 is 0 Å². The molecule has 1 N–H and O–H groups in total. The Morgan fingerprint density at radius 1 is 1.15 bits per heavy atom. The Bertz CT molecular complexity index is 789. The van der Waals surface area contributed by atoms with Crippen LogP contribution in [-0.4, -0.2) is 35.6 Å². The fourth-order valence-electron chi connectivity index (χ4n) is 3.81. The molecule has 0 aliphatic carbocycles. The topological polar surface area (TPSA) is 41.3 Å². The summed E-state index contributed by atoms with van der Waals surface area (Å²) >= 11 is 0. The maximum atomic E-state index is 6.00. The highest BCUT2D eigenvalue weighted by atomic mass is 16.3. The number of benzene rings is 1. The van der Waals surface area contributed by atoms with Crippen LogP contribution in [0.1, 0.15) is 37.1 Å². The Morgan fingerprint density at radius 3 is 2.69 bits per heavy atom. The molecular formula is C22H27N3O. The first-order valence-corrected chi connectivity index (χ1v) is 9.64. The molecule has 0 bridgehead atoms. The Morgan fingerprint density at radius 2 is 1.92 bits per heavy atom. The van der Waals surface area contributed by atoms with Crippen LogP contribution < -0.4 is 5.32 Å². The summed E-state index contributed by atoms with van der Waals surface area (Å²) in [6, 6.07) is 15.4. The van der Waals surface area contributed by atoms with Crippen LogP contribution in [0.2, 0.25) is 0 Å². The summed E-state index contributed by atoms with van der Waals surface area (Å²) in [5.41, 5.74) is 2.35. The molecule has 1 aliphatic rings. The predicted octanol–water partition coefficient (Wildman–Crippen LogP) is 4.19. The minimum Gasteiger partial charge on any atom is -0.459 e. The molecule has 4 rings (SSSR count). The van der Waals surface area contributed by atoms with Gasteiger partial charge in [-0.3, -0.25) is 4.98 Å². The molecule has 4 nitrogen and oxygen atoms in total. The number of rotatable bonds is 6. The Labute approximate surface area is 155 Å². The van der Waals surface area contributed by atoms with Gasteiger partial charge in [0.25, 0.3) is 0 Å². The second kappa shape index (κ2) is 8.02. The van der Waals surface area contributed by atoms with Crippen LogP contribution in [0.15, 0.2) is 59.3 Å². The number of aromatic nitrogens is 1. The molecule has 26 heavy (non-hydrogen) atoms. The third-order valence-corrected chi connectivity index (χ3v) is 5.41. The highest BCUT2D eigenvalue weighted by Gasteiger charge is 2.22. The van der Waals surface area contributed by atoms with E-state index in [0.717, 1.165) is 37.4 Å². The second-order valence-corrected chi connectivity index (χ2v) is 7.30. The minimum absolute atomic E-state index is 0.246. The zero-order valence-corrected chi connectivity index (χ0v) is 15.4. The predicted molar refractivity (Wildman–Crippen MR) is 105 cm³/mol. The van der Waals surface area contributed by atoms with Gasteiger partial charge in [-0.05, 0) is 69.1 Å². The van der Waals surface area contributed by atoms with Crippen molar-refractivity contribution in [3.8, 4) is 0 Å². The lowest BCUT2D eigenvalue weighted by molar-refractivity contribution is 0.191. The number of likely N-dealkylation sites (tertiary alicyclic amines) is 1. The van der Waals surface area contributed by atoms with Gasteiger partial charge in [-0.1, -0.05) is 18.2 Å². The molecule has 136 valence electrons. The van der Waals surface area contributed by atoms with Gasteiger partial charge in [0.05, 0.1) is 6.04 Å². The van der Waals surface area contributed by atoms with Crippen LogP contribution in [0.4, 0.5) is 0 Å². The molecule has 3 aromatic rings. The monoisotopic (exact) mass is 349 g/mol. The van der Waals surface area contributed by atoms with E-state index in [1.807, 2.05) is 24.5 Å². The smallest absolute Gasteiger partial charge is 0.134 e. The average molecular weight is 349 g/mol. The van der Waals surface area contributed by atoms with E-state index in [0.29, 0.717) is 6.04 Å². The van der Waals surface area contributed by atoms with Crippen LogP contribution in [0.3, 0.4) is 0 Å². The number of para-hydroxylation sites is 1. The molecule has 0 spiro atoms. The lowest BCUT2D eigenvalue weighted by Gasteiger charge is -2.33. The zero-order chi connectivity index (χ0) is 17.8. The number of nitrogens with zero attached hydrogens (tertiary/aromatic N) is 2. The summed E-state index contributed by atoms with van der Waals surface area (Å²) in [7, 11) is 0. The van der Waals surface area contributed by atoms with Crippen LogP contribution in [0.25, 0.3) is 11.0 Å². The van der Waals surface area contributed by atoms with Gasteiger partial charge in [0, 0.05) is 30.4 Å². The Hall–Kier alpha value is -2.17. The van der Waals surface area contributed by atoms with E-state index in [1.54, 1.807) is 0 Å². The fraction of sp³-hybridized carbons (Fsp3) is 0.409. The Balaban J connectivity index is 1.25. The Kier molecular flexibility index (Phi) is 5.32. The van der Waals surface area contributed by atoms with Gasteiger partial charge in [0.1, 0.15) is 11.3 Å². The summed E-state index contributed by atoms with van der Waals surface area (Å²) < 4.78 is 6.00. The van der Waals surface area contributed by atoms with Gasteiger partial charge >= 0.3 is 0 Å². The van der Waals surface area contributed by atoms with Gasteiger partial charge < -0.3 is 14.6 Å². The standard InChI is InChI=1S/C22H27N3O/c1-17(22-16-19-4-2-3-5-21(19)26-22)24-20-9-14-25(15-10-20)13-8-18-6-11-23-12-7-18/h2-7,11-12,16-17,20,24H,8-10,13-15H2,1H3. The first-order valence-electron chi connectivity index (χ1n) is 9.64. The van der Waals surface area contributed by atoms with Crippen molar-refractivity contribution in [3.63, 3.8) is 0 Å². The van der Waals surface area contributed by atoms with E-state index in [1.165, 1.54) is 23.8 Å². The van der Waals surface area contributed by atoms with E-state index in [4.69, 9.17) is 4.42 Å². The third-order valence-electron chi connectivity index (χ3n) is 5.41. The van der Waals surface area contributed by atoms with Crippen LogP contribution >= 0.6 is 0 Å². The second-order valence-electron chi connectivity index (χ2n) is 7.30. The summed E-state index contributed by atoms with van der Waals surface area (Å²) in [5, 5.41) is 4.94. The van der Waals surface area contributed by atoms with Crippen molar-refractivity contribution >= 4 is 11.0 Å². The maximum absolute atomic E-state index is 6.00. The number of fused-ring (bicyclic) bond motifs is 1. The van der Waals surface area contributed by atoms with Crippen molar-refractivity contribution < 1.29 is 4.42 Å². The summed E-state index contributed by atoms with van der Waals surface area (Å²) in [6.07, 6.45) is 7.26. The first kappa shape index (κ1) is 17.3. The van der Waals surface area contributed by atoms with Crippen molar-refractivity contribution in [2.45, 2.75) is 38.3 Å². The number of hydrogen-bond acceptors (Lipinski definition) is 4. The van der Waals surface area contributed by atoms with Gasteiger partial charge in [-0.25, -0.2) is 0 Å². The van der Waals surface area contributed by atoms with Crippen molar-refractivity contribution in [1.29, 1.82) is 0 Å². The van der Waals surface area contributed by atoms with Crippen LogP contribution in [-0.2, 0) is 6.42 Å². The van der Waals surface area contributed by atoms with Gasteiger partial charge in [-0.2, -0.15) is 0 Å². The molecule has 1 saturated heterocycles. The number of hydrogen-bond donors (Lipinski definition) is 1. The molecule has 0 saturated carbocycles. The van der Waals surface area contributed by atoms with Crippen molar-refractivity contribution in [3.05, 3.63) is 66.2 Å². The van der Waals surface area contributed by atoms with Gasteiger partial charge in [0.15, 0.2) is 0 Å². The zero-order valence-electron chi connectivity index (χ0n) is 15.4. The number of pyridine rings is 1. The number of piperidine rings is 1. The summed E-state index contributed by atoms with van der Waals surface area (Å²) in [4.78, 5) is 6.66. The van der Waals surface area contributed by atoms with Crippen molar-refractivity contribution in [2.75, 3.05) is 19.6 Å². The van der Waals surface area contributed by atoms with Crippen molar-refractivity contribution in [2.24, 2.45) is 0 Å². The highest BCUT2D eigenvalue weighted by molar-refractivity contribution is 5.77. The van der Waals surface area contributed by atoms with E-state index < -0.39 is 0 Å². The van der Waals surface area contributed by atoms with Gasteiger partial charge in [0.2, 0.25) is 0 Å². The molecule has 0 amide bonds. The first-order chi connectivity index (χ1) is 12.8. The van der Waals surface area contributed by atoms with E-state index in [2.05, 4.69) is 52.5 Å². The lowest BCUT2D eigenvalue weighted by Crippen LogP contribution is -2.43. The SMILES string of the molecule is CC(NC1CCN(CCc2ccncc2)CC1)c1cc2ccccc2o1. The molecular weight excluding hydrogens is 322 g/mol. The van der Waals surface area contributed by atoms with Crippen molar-refractivity contribution in [1.82, 2.24) is 15.2 Å². The summed E-state index contributed by atoms with van der Waals surface area (Å²) in [6.45, 7) is 5.66. The van der Waals surface area contributed by atoms with Gasteiger partial charge in [-0.15, -0.1) is 0 Å². The molecule has 3 heterocycles. The maximum Gasteiger partial charge on any atom is 0.134 e. The molecule has 4 heteroatoms. The van der Waals surface area contributed by atoms with E-state index in [-0.39, 0.29) is 6.04 Å². The quantitative estimate of drug-likeness (QED) is 0.725.